The van der Waals surface area contributed by atoms with E-state index in [1.54, 1.807) is 0 Å². The zero-order valence-corrected chi connectivity index (χ0v) is 20.2. The first-order chi connectivity index (χ1) is 13.0. The smallest absolute Gasteiger partial charge is 0.191 e. The molecular weight excluding hydrogens is 353 g/mol. The molecule has 0 bridgehead atoms. The number of quaternary nitrogens is 1. The molecule has 0 N–H and O–H groups in total. The van der Waals surface area contributed by atoms with E-state index in [2.05, 4.69) is 28.1 Å². The van der Waals surface area contributed by atoms with Crippen molar-refractivity contribution in [1.29, 1.82) is 0 Å². The summed E-state index contributed by atoms with van der Waals surface area (Å²) in [7, 11) is 4.61. The summed E-state index contributed by atoms with van der Waals surface area (Å²) in [6.45, 7) is 3.84. The molecule has 0 aromatic carbocycles. The van der Waals surface area contributed by atoms with Crippen molar-refractivity contribution in [3.05, 3.63) is 0 Å². The molecule has 0 spiro atoms. The Labute approximate surface area is 172 Å². The summed E-state index contributed by atoms with van der Waals surface area (Å²) in [6.07, 6.45) is 22.8. The zero-order chi connectivity index (χ0) is 20.2. The van der Waals surface area contributed by atoms with E-state index >= 15 is 0 Å². The molecule has 0 amide bonds. The van der Waals surface area contributed by atoms with Crippen LogP contribution in [0.1, 0.15) is 110 Å². The Kier molecular flexibility index (Phi) is 19.6. The van der Waals surface area contributed by atoms with Gasteiger partial charge in [0.05, 0.1) is 21.1 Å². The molecule has 1 unspecified atom stereocenters. The van der Waals surface area contributed by atoms with Crippen LogP contribution in [0.3, 0.4) is 0 Å². The highest BCUT2D eigenvalue weighted by atomic mass is 31.1. The first-order valence-corrected chi connectivity index (χ1v) is 13.4. The molecule has 1 atom stereocenters. The van der Waals surface area contributed by atoms with Gasteiger partial charge in [0, 0.05) is 6.16 Å². The van der Waals surface area contributed by atoms with Gasteiger partial charge in [-0.05, 0) is 6.42 Å². The fraction of sp³-hybridized carbons (Fsp3) is 1.00. The largest absolute Gasteiger partial charge is 0.329 e. The molecular formula is C23H51NO2P+. The van der Waals surface area contributed by atoms with Gasteiger partial charge in [-0.15, -0.1) is 0 Å². The highest BCUT2D eigenvalue weighted by molar-refractivity contribution is 7.39. The summed E-state index contributed by atoms with van der Waals surface area (Å²) in [6, 6.07) is 0. The van der Waals surface area contributed by atoms with Crippen molar-refractivity contribution in [2.75, 3.05) is 40.5 Å². The summed E-state index contributed by atoms with van der Waals surface area (Å²) < 4.78 is 18.2. The molecule has 0 saturated heterocycles. The lowest BCUT2D eigenvalue weighted by Gasteiger charge is -2.23. The maximum atomic E-state index is 11.8. The first kappa shape index (κ1) is 27.1. The van der Waals surface area contributed by atoms with Crippen LogP contribution < -0.4 is 0 Å². The van der Waals surface area contributed by atoms with Gasteiger partial charge in [0.15, 0.2) is 8.03 Å². The molecule has 0 radical (unpaired) electrons. The summed E-state index contributed by atoms with van der Waals surface area (Å²) in [4.78, 5) is 0. The van der Waals surface area contributed by atoms with Crippen molar-refractivity contribution in [3.8, 4) is 0 Å². The van der Waals surface area contributed by atoms with Crippen LogP contribution in [0.4, 0.5) is 0 Å². The molecule has 0 heterocycles. The average molecular weight is 405 g/mol. The van der Waals surface area contributed by atoms with E-state index in [0.717, 1.165) is 23.6 Å². The molecule has 0 aliphatic rings. The van der Waals surface area contributed by atoms with E-state index in [9.17, 15) is 4.57 Å². The van der Waals surface area contributed by atoms with Gasteiger partial charge in [-0.25, -0.2) is 0 Å². The number of likely N-dealkylation sites (N-methyl/N-ethyl adjacent to an activating group) is 1. The van der Waals surface area contributed by atoms with Gasteiger partial charge in [-0.2, -0.15) is 0 Å². The van der Waals surface area contributed by atoms with E-state index in [4.69, 9.17) is 4.52 Å². The maximum absolute atomic E-state index is 11.8. The van der Waals surface area contributed by atoms with Crippen LogP contribution in [0.5, 0.6) is 0 Å². The minimum Gasteiger partial charge on any atom is -0.329 e. The predicted molar refractivity (Wildman–Crippen MR) is 122 cm³/mol. The molecule has 0 aliphatic heterocycles. The van der Waals surface area contributed by atoms with Crippen LogP contribution in [0.2, 0.25) is 0 Å². The number of nitrogens with zero attached hydrogens (tertiary/aromatic N) is 1. The maximum Gasteiger partial charge on any atom is 0.191 e. The molecule has 0 fully saturated rings. The third-order valence-corrected chi connectivity index (χ3v) is 6.55. The van der Waals surface area contributed by atoms with Crippen molar-refractivity contribution >= 4 is 8.03 Å². The second-order valence-corrected chi connectivity index (χ2v) is 10.8. The lowest BCUT2D eigenvalue weighted by Crippen LogP contribution is -2.37. The second-order valence-electron chi connectivity index (χ2n) is 9.29. The Morgan fingerprint density at radius 3 is 1.37 bits per heavy atom. The summed E-state index contributed by atoms with van der Waals surface area (Å²) in [5.74, 6) is 0. The van der Waals surface area contributed by atoms with Crippen LogP contribution in [-0.2, 0) is 9.09 Å². The molecule has 0 aromatic heterocycles. The third-order valence-electron chi connectivity index (χ3n) is 5.26. The Balaban J connectivity index is 3.15. The molecule has 27 heavy (non-hydrogen) atoms. The quantitative estimate of drug-likeness (QED) is 0.113. The SMILES string of the molecule is CCCCCCCCCCCCCCCCCC[PH](=O)OCC[N+](C)(C)C. The van der Waals surface area contributed by atoms with Gasteiger partial charge in [-0.3, -0.25) is 4.57 Å². The molecule has 4 heteroatoms. The van der Waals surface area contributed by atoms with E-state index in [-0.39, 0.29) is 0 Å². The summed E-state index contributed by atoms with van der Waals surface area (Å²) in [5, 5.41) is 0. The second kappa shape index (κ2) is 19.5. The fourth-order valence-corrected chi connectivity index (χ4v) is 4.32. The van der Waals surface area contributed by atoms with Crippen molar-refractivity contribution in [1.82, 2.24) is 0 Å². The molecule has 164 valence electrons. The number of unbranched alkanes of at least 4 members (excludes halogenated alkanes) is 15. The molecule has 0 aromatic rings. The van der Waals surface area contributed by atoms with Crippen molar-refractivity contribution in [2.45, 2.75) is 110 Å². The van der Waals surface area contributed by atoms with E-state index < -0.39 is 8.03 Å². The van der Waals surface area contributed by atoms with Crippen LogP contribution in [0, 0.1) is 0 Å². The minimum atomic E-state index is -1.79. The Hall–Kier alpha value is 0.150. The number of hydrogen-bond acceptors (Lipinski definition) is 2. The van der Waals surface area contributed by atoms with Gasteiger partial charge in [0.25, 0.3) is 0 Å². The standard InChI is InChI=1S/C23H51NO2P/c1-5-6-7-8-9-10-11-12-13-14-15-16-17-18-19-20-23-27(25)26-22-21-24(2,3)4/h27H,5-23H2,1-4H3/q+1. The van der Waals surface area contributed by atoms with E-state index in [1.165, 1.54) is 96.3 Å². The highest BCUT2D eigenvalue weighted by Crippen LogP contribution is 2.24. The predicted octanol–water partition coefficient (Wildman–Crippen LogP) is 7.45. The minimum absolute atomic E-state index is 0.625. The Bertz CT molecular complexity index is 329. The van der Waals surface area contributed by atoms with Crippen LogP contribution >= 0.6 is 8.03 Å². The fourth-order valence-electron chi connectivity index (χ4n) is 3.32. The summed E-state index contributed by atoms with van der Waals surface area (Å²) in [5.41, 5.74) is 0. The number of rotatable bonds is 21. The molecule has 0 saturated carbocycles. The summed E-state index contributed by atoms with van der Waals surface area (Å²) >= 11 is 0. The van der Waals surface area contributed by atoms with Gasteiger partial charge in [-0.1, -0.05) is 103 Å². The lowest BCUT2D eigenvalue weighted by atomic mass is 10.0. The normalized spacial score (nSPS) is 13.2. The van der Waals surface area contributed by atoms with E-state index in [1.807, 2.05) is 0 Å². The van der Waals surface area contributed by atoms with Crippen molar-refractivity contribution in [2.24, 2.45) is 0 Å². The first-order valence-electron chi connectivity index (χ1n) is 11.9. The van der Waals surface area contributed by atoms with Crippen molar-refractivity contribution in [3.63, 3.8) is 0 Å². The van der Waals surface area contributed by atoms with Crippen LogP contribution in [0.15, 0.2) is 0 Å². The zero-order valence-electron chi connectivity index (χ0n) is 19.2. The van der Waals surface area contributed by atoms with Gasteiger partial charge >= 0.3 is 0 Å². The van der Waals surface area contributed by atoms with E-state index in [0.29, 0.717) is 6.61 Å². The lowest BCUT2D eigenvalue weighted by molar-refractivity contribution is -0.870. The third kappa shape index (κ3) is 24.1. The van der Waals surface area contributed by atoms with Gasteiger partial charge in [0.1, 0.15) is 13.2 Å². The van der Waals surface area contributed by atoms with Crippen LogP contribution in [0.25, 0.3) is 0 Å². The topological polar surface area (TPSA) is 26.3 Å². The number of hydrogen-bond donors (Lipinski definition) is 0. The molecule has 0 aliphatic carbocycles. The Morgan fingerprint density at radius 2 is 1.00 bits per heavy atom. The average Bonchev–Trinajstić information content (AvgIpc) is 2.60. The van der Waals surface area contributed by atoms with Gasteiger partial charge in [0.2, 0.25) is 0 Å². The monoisotopic (exact) mass is 404 g/mol. The Morgan fingerprint density at radius 1 is 0.630 bits per heavy atom. The van der Waals surface area contributed by atoms with Crippen molar-refractivity contribution < 1.29 is 13.6 Å². The van der Waals surface area contributed by atoms with Crippen LogP contribution in [-0.4, -0.2) is 44.9 Å². The van der Waals surface area contributed by atoms with Gasteiger partial charge < -0.3 is 9.01 Å². The molecule has 3 nitrogen and oxygen atoms in total. The molecule has 0 rings (SSSR count). The highest BCUT2D eigenvalue weighted by Gasteiger charge is 2.08.